The Bertz CT molecular complexity index is 830. The summed E-state index contributed by atoms with van der Waals surface area (Å²) in [6.45, 7) is 3.41. The van der Waals surface area contributed by atoms with Crippen molar-refractivity contribution in [1.82, 2.24) is 5.32 Å². The zero-order valence-corrected chi connectivity index (χ0v) is 14.7. The normalized spacial score (nSPS) is 14.9. The Morgan fingerprint density at radius 3 is 2.60 bits per heavy atom. The smallest absolute Gasteiger partial charge is 0.262 e. The Labute approximate surface area is 148 Å². The average molecular weight is 364 g/mol. The highest BCUT2D eigenvalue weighted by atomic mass is 32.1. The second-order valence-electron chi connectivity index (χ2n) is 6.25. The van der Waals surface area contributed by atoms with Crippen LogP contribution < -0.4 is 10.6 Å². The number of hydrogen-bond acceptors (Lipinski definition) is 3. The molecule has 1 aromatic carbocycles. The number of aryl methyl sites for hydroxylation is 1. The van der Waals surface area contributed by atoms with E-state index < -0.39 is 17.7 Å². The molecular weight excluding hydrogens is 346 g/mol. The van der Waals surface area contributed by atoms with Crippen LogP contribution in [0.4, 0.5) is 13.8 Å². The van der Waals surface area contributed by atoms with Crippen LogP contribution in [-0.2, 0) is 4.79 Å². The Kier molecular flexibility index (Phi) is 4.85. The third-order valence-electron chi connectivity index (χ3n) is 4.10. The number of amides is 2. The molecule has 1 aromatic heterocycles. The summed E-state index contributed by atoms with van der Waals surface area (Å²) in [7, 11) is 0. The molecule has 1 saturated carbocycles. The van der Waals surface area contributed by atoms with Crippen molar-refractivity contribution in [1.29, 1.82) is 0 Å². The van der Waals surface area contributed by atoms with Gasteiger partial charge in [-0.2, -0.15) is 0 Å². The first kappa shape index (κ1) is 17.5. The zero-order chi connectivity index (χ0) is 18.1. The lowest BCUT2D eigenvalue weighted by molar-refractivity contribution is -0.117. The van der Waals surface area contributed by atoms with Gasteiger partial charge in [0, 0.05) is 17.5 Å². The van der Waals surface area contributed by atoms with Crippen molar-refractivity contribution in [3.8, 4) is 0 Å². The highest BCUT2D eigenvalue weighted by Gasteiger charge is 2.30. The molecule has 1 atom stereocenters. The van der Waals surface area contributed by atoms with E-state index in [4.69, 9.17) is 0 Å². The minimum absolute atomic E-state index is 0.0186. The number of carbonyl (C=O) groups excluding carboxylic acids is 2. The second kappa shape index (κ2) is 6.92. The van der Waals surface area contributed by atoms with Gasteiger partial charge < -0.3 is 10.6 Å². The topological polar surface area (TPSA) is 58.2 Å². The number of halogens is 2. The van der Waals surface area contributed by atoms with Gasteiger partial charge >= 0.3 is 0 Å². The number of hydrogen-bond donors (Lipinski definition) is 2. The third-order valence-corrected chi connectivity index (χ3v) is 5.25. The van der Waals surface area contributed by atoms with E-state index in [1.165, 1.54) is 17.4 Å². The lowest BCUT2D eigenvalue weighted by Gasteiger charge is -2.15. The largest absolute Gasteiger partial charge is 0.345 e. The van der Waals surface area contributed by atoms with E-state index in [0.717, 1.165) is 30.5 Å². The van der Waals surface area contributed by atoms with Crippen molar-refractivity contribution in [2.45, 2.75) is 32.7 Å². The molecule has 1 heterocycles. The molecule has 7 heteroatoms. The van der Waals surface area contributed by atoms with Gasteiger partial charge in [-0.05, 0) is 44.4 Å². The minimum atomic E-state index is -0.701. The molecule has 0 bridgehead atoms. The van der Waals surface area contributed by atoms with Crippen LogP contribution in [0.25, 0.3) is 0 Å². The van der Waals surface area contributed by atoms with Crippen molar-refractivity contribution in [2.24, 2.45) is 5.92 Å². The van der Waals surface area contributed by atoms with Gasteiger partial charge in [-0.25, -0.2) is 8.78 Å². The van der Waals surface area contributed by atoms with Crippen molar-refractivity contribution < 1.29 is 18.4 Å². The lowest BCUT2D eigenvalue weighted by Crippen LogP contribution is -2.27. The summed E-state index contributed by atoms with van der Waals surface area (Å²) in [6.07, 6.45) is 1.81. The van der Waals surface area contributed by atoms with Crippen LogP contribution in [0.15, 0.2) is 24.3 Å². The first-order chi connectivity index (χ1) is 11.8. The van der Waals surface area contributed by atoms with E-state index in [2.05, 4.69) is 10.6 Å². The van der Waals surface area contributed by atoms with Crippen LogP contribution in [0.5, 0.6) is 0 Å². The molecule has 2 aromatic rings. The Hall–Kier alpha value is -2.28. The molecule has 25 heavy (non-hydrogen) atoms. The molecule has 0 aliphatic heterocycles. The van der Waals surface area contributed by atoms with Crippen molar-refractivity contribution in [3.05, 3.63) is 51.9 Å². The fourth-order valence-corrected chi connectivity index (χ4v) is 3.51. The van der Waals surface area contributed by atoms with Crippen molar-refractivity contribution in [2.75, 3.05) is 5.32 Å². The molecule has 132 valence electrons. The second-order valence-corrected chi connectivity index (χ2v) is 7.30. The van der Waals surface area contributed by atoms with E-state index in [1.54, 1.807) is 19.9 Å². The molecule has 2 amide bonds. The molecule has 1 aliphatic carbocycles. The molecule has 0 radical (unpaired) electrons. The zero-order valence-electron chi connectivity index (χ0n) is 13.9. The van der Waals surface area contributed by atoms with Gasteiger partial charge in [0.1, 0.15) is 11.6 Å². The molecular formula is C18H18F2N2O2S. The maximum atomic E-state index is 13.8. The number of benzene rings is 1. The van der Waals surface area contributed by atoms with Crippen molar-refractivity contribution in [3.63, 3.8) is 0 Å². The molecule has 4 nitrogen and oxygen atoms in total. The SMILES string of the molecule is Cc1cc(NC(=O)C2CC2)sc1C(=O)N[C@H](C)c1ccc(F)cc1F. The van der Waals surface area contributed by atoms with Gasteiger partial charge in [-0.3, -0.25) is 9.59 Å². The molecule has 0 unspecified atom stereocenters. The van der Waals surface area contributed by atoms with Gasteiger partial charge in [0.05, 0.1) is 15.9 Å². The Balaban J connectivity index is 1.70. The summed E-state index contributed by atoms with van der Waals surface area (Å²) in [5.74, 6) is -1.65. The van der Waals surface area contributed by atoms with Crippen LogP contribution in [0.2, 0.25) is 0 Å². The summed E-state index contributed by atoms with van der Waals surface area (Å²) >= 11 is 1.19. The van der Waals surface area contributed by atoms with Gasteiger partial charge in [0.15, 0.2) is 0 Å². The molecule has 1 fully saturated rings. The van der Waals surface area contributed by atoms with Gasteiger partial charge in [0.25, 0.3) is 5.91 Å². The van der Waals surface area contributed by atoms with Gasteiger partial charge in [0.2, 0.25) is 5.91 Å². The highest BCUT2D eigenvalue weighted by molar-refractivity contribution is 7.18. The summed E-state index contributed by atoms with van der Waals surface area (Å²) in [5.41, 5.74) is 0.951. The average Bonchev–Trinajstić information content (AvgIpc) is 3.31. The monoisotopic (exact) mass is 364 g/mol. The predicted molar refractivity (Wildman–Crippen MR) is 92.6 cm³/mol. The lowest BCUT2D eigenvalue weighted by atomic mass is 10.1. The molecule has 1 aliphatic rings. The minimum Gasteiger partial charge on any atom is -0.345 e. The number of anilines is 1. The van der Waals surface area contributed by atoms with E-state index in [1.807, 2.05) is 0 Å². The van der Waals surface area contributed by atoms with Crippen LogP contribution in [0.3, 0.4) is 0 Å². The Morgan fingerprint density at radius 1 is 1.24 bits per heavy atom. The molecule has 0 saturated heterocycles. The summed E-state index contributed by atoms with van der Waals surface area (Å²) < 4.78 is 26.8. The quantitative estimate of drug-likeness (QED) is 0.836. The highest BCUT2D eigenvalue weighted by Crippen LogP contribution is 2.33. The molecule has 2 N–H and O–H groups in total. The number of carbonyl (C=O) groups is 2. The van der Waals surface area contributed by atoms with Crippen LogP contribution >= 0.6 is 11.3 Å². The summed E-state index contributed by atoms with van der Waals surface area (Å²) in [5, 5.41) is 6.16. The Morgan fingerprint density at radius 2 is 1.96 bits per heavy atom. The van der Waals surface area contributed by atoms with Crippen LogP contribution in [0, 0.1) is 24.5 Å². The van der Waals surface area contributed by atoms with E-state index >= 15 is 0 Å². The third kappa shape index (κ3) is 4.04. The number of rotatable bonds is 5. The van der Waals surface area contributed by atoms with Crippen molar-refractivity contribution >= 4 is 28.2 Å². The first-order valence-corrected chi connectivity index (χ1v) is 8.84. The maximum Gasteiger partial charge on any atom is 0.262 e. The molecule has 0 spiro atoms. The van der Waals surface area contributed by atoms with E-state index in [9.17, 15) is 18.4 Å². The number of thiophene rings is 1. The fourth-order valence-electron chi connectivity index (χ4n) is 2.53. The summed E-state index contributed by atoms with van der Waals surface area (Å²) in [4.78, 5) is 24.7. The maximum absolute atomic E-state index is 13.8. The van der Waals surface area contributed by atoms with E-state index in [0.29, 0.717) is 9.88 Å². The summed E-state index contributed by atoms with van der Waals surface area (Å²) in [6, 6.07) is 4.41. The van der Waals surface area contributed by atoms with E-state index in [-0.39, 0.29) is 23.3 Å². The standard InChI is InChI=1S/C18H18F2N2O2S/c1-9-7-15(22-17(23)11-3-4-11)25-16(9)18(24)21-10(2)13-6-5-12(19)8-14(13)20/h5-8,10-11H,3-4H2,1-2H3,(H,21,24)(H,22,23)/t10-/m1/s1. The number of nitrogens with one attached hydrogen (secondary N) is 2. The first-order valence-electron chi connectivity index (χ1n) is 8.02. The van der Waals surface area contributed by atoms with Gasteiger partial charge in [-0.15, -0.1) is 11.3 Å². The van der Waals surface area contributed by atoms with Crippen LogP contribution in [0.1, 0.15) is 46.6 Å². The van der Waals surface area contributed by atoms with Gasteiger partial charge in [-0.1, -0.05) is 6.07 Å². The predicted octanol–water partition coefficient (Wildman–Crippen LogP) is 4.17. The molecule has 3 rings (SSSR count). The fraction of sp³-hybridized carbons (Fsp3) is 0.333. The van der Waals surface area contributed by atoms with Crippen LogP contribution in [-0.4, -0.2) is 11.8 Å².